The fourth-order valence-corrected chi connectivity index (χ4v) is 4.77. The van der Waals surface area contributed by atoms with Gasteiger partial charge in [0.25, 0.3) is 5.91 Å². The topological polar surface area (TPSA) is 111 Å². The molecule has 0 heterocycles. The number of hydrogen-bond donors (Lipinski definition) is 3. The van der Waals surface area contributed by atoms with Crippen molar-refractivity contribution in [3.05, 3.63) is 88.5 Å². The second kappa shape index (κ2) is 11.3. The van der Waals surface area contributed by atoms with E-state index in [0.29, 0.717) is 47.4 Å². The van der Waals surface area contributed by atoms with Crippen LogP contribution in [0.1, 0.15) is 43.8 Å². The summed E-state index contributed by atoms with van der Waals surface area (Å²) in [7, 11) is 1.30. The number of carbonyl (C=O) groups excluding carboxylic acids is 3. The van der Waals surface area contributed by atoms with Gasteiger partial charge in [0.1, 0.15) is 6.04 Å². The number of amides is 1. The lowest BCUT2D eigenvalue weighted by Gasteiger charge is -2.16. The highest BCUT2D eigenvalue weighted by atomic mass is 32.2. The number of rotatable bonds is 8. The van der Waals surface area contributed by atoms with Crippen molar-refractivity contribution in [3.63, 3.8) is 0 Å². The van der Waals surface area contributed by atoms with Gasteiger partial charge < -0.3 is 21.1 Å². The Hall–Kier alpha value is -3.78. The highest BCUT2D eigenvalue weighted by molar-refractivity contribution is 7.98. The Morgan fingerprint density at radius 2 is 1.81 bits per heavy atom. The average molecular weight is 504 g/mol. The van der Waals surface area contributed by atoms with Crippen LogP contribution in [0.15, 0.2) is 60.7 Å². The van der Waals surface area contributed by atoms with Crippen molar-refractivity contribution >= 4 is 46.5 Å². The number of para-hydroxylation sites is 2. The largest absolute Gasteiger partial charge is 0.467 e. The van der Waals surface area contributed by atoms with E-state index in [1.54, 1.807) is 23.9 Å². The molecule has 1 amide bonds. The molecule has 3 aromatic carbocycles. The van der Waals surface area contributed by atoms with Gasteiger partial charge in [-0.2, -0.15) is 11.8 Å². The Bertz CT molecular complexity index is 1310. The first-order valence-corrected chi connectivity index (χ1v) is 13.1. The predicted molar refractivity (Wildman–Crippen MR) is 144 cm³/mol. The third-order valence-electron chi connectivity index (χ3n) is 6.27. The third kappa shape index (κ3) is 5.54. The van der Waals surface area contributed by atoms with Gasteiger partial charge in [-0.15, -0.1) is 0 Å². The van der Waals surface area contributed by atoms with E-state index in [0.717, 1.165) is 22.5 Å². The van der Waals surface area contributed by atoms with Crippen molar-refractivity contribution in [1.82, 2.24) is 5.32 Å². The Morgan fingerprint density at radius 1 is 1.03 bits per heavy atom. The van der Waals surface area contributed by atoms with Crippen LogP contribution in [0.25, 0.3) is 0 Å². The number of nitrogen functional groups attached to an aromatic ring is 1. The molecule has 0 unspecified atom stereocenters. The highest BCUT2D eigenvalue weighted by Crippen LogP contribution is 2.29. The highest BCUT2D eigenvalue weighted by Gasteiger charge is 2.25. The number of ether oxygens (including phenoxy) is 1. The van der Waals surface area contributed by atoms with Crippen LogP contribution in [0.5, 0.6) is 0 Å². The van der Waals surface area contributed by atoms with Crippen LogP contribution >= 0.6 is 11.8 Å². The fraction of sp³-hybridized carbons (Fsp3) is 0.250. The summed E-state index contributed by atoms with van der Waals surface area (Å²) in [5.41, 5.74) is 11.6. The molecule has 0 saturated carbocycles. The van der Waals surface area contributed by atoms with E-state index >= 15 is 0 Å². The summed E-state index contributed by atoms with van der Waals surface area (Å²) >= 11 is 1.58. The summed E-state index contributed by atoms with van der Waals surface area (Å²) in [5, 5.41) is 6.07. The van der Waals surface area contributed by atoms with Gasteiger partial charge in [-0.3, -0.25) is 9.59 Å². The maximum absolute atomic E-state index is 13.5. The molecule has 0 fully saturated rings. The summed E-state index contributed by atoms with van der Waals surface area (Å²) in [6.07, 6.45) is 3.76. The van der Waals surface area contributed by atoms with Crippen LogP contribution in [0.3, 0.4) is 0 Å². The van der Waals surface area contributed by atoms with Gasteiger partial charge in [-0.25, -0.2) is 4.79 Å². The average Bonchev–Trinajstić information content (AvgIpc) is 3.03. The van der Waals surface area contributed by atoms with Gasteiger partial charge in [0.2, 0.25) is 0 Å². The summed E-state index contributed by atoms with van der Waals surface area (Å²) < 4.78 is 4.83. The molecule has 8 heteroatoms. The number of ketones is 1. The number of nitrogens with two attached hydrogens (primary N) is 1. The van der Waals surface area contributed by atoms with Crippen molar-refractivity contribution in [2.24, 2.45) is 0 Å². The van der Waals surface area contributed by atoms with Crippen LogP contribution in [-0.2, 0) is 22.4 Å². The van der Waals surface area contributed by atoms with Crippen molar-refractivity contribution in [2.75, 3.05) is 30.2 Å². The minimum absolute atomic E-state index is 0.121. The van der Waals surface area contributed by atoms with Crippen LogP contribution in [0.2, 0.25) is 0 Å². The number of esters is 1. The smallest absolute Gasteiger partial charge is 0.328 e. The fourth-order valence-electron chi connectivity index (χ4n) is 4.30. The van der Waals surface area contributed by atoms with Crippen LogP contribution < -0.4 is 16.4 Å². The van der Waals surface area contributed by atoms with E-state index in [4.69, 9.17) is 10.5 Å². The SMILES string of the molecule is COC(=O)[C@H](CCSC)NC(=O)c1ccc2c(c1)C(=O)c1ccc(Nc3ccccc3N)cc1CC2. The number of thioether (sulfide) groups is 1. The second-order valence-corrected chi connectivity index (χ2v) is 9.60. The lowest BCUT2D eigenvalue weighted by molar-refractivity contribution is -0.142. The van der Waals surface area contributed by atoms with E-state index < -0.39 is 17.9 Å². The molecule has 1 aliphatic rings. The zero-order chi connectivity index (χ0) is 25.7. The number of carbonyl (C=O) groups is 3. The maximum atomic E-state index is 13.5. The molecule has 0 saturated heterocycles. The summed E-state index contributed by atoms with van der Waals surface area (Å²) in [6.45, 7) is 0. The third-order valence-corrected chi connectivity index (χ3v) is 6.92. The van der Waals surface area contributed by atoms with E-state index in [1.807, 2.05) is 54.8 Å². The molecular weight excluding hydrogens is 474 g/mol. The molecule has 0 radical (unpaired) electrons. The Kier molecular flexibility index (Phi) is 7.95. The number of benzene rings is 3. The van der Waals surface area contributed by atoms with E-state index in [-0.39, 0.29) is 5.78 Å². The van der Waals surface area contributed by atoms with E-state index in [9.17, 15) is 14.4 Å². The van der Waals surface area contributed by atoms with Gasteiger partial charge in [0.05, 0.1) is 18.5 Å². The van der Waals surface area contributed by atoms with Crippen molar-refractivity contribution in [2.45, 2.75) is 25.3 Å². The molecule has 4 rings (SSSR count). The second-order valence-electron chi connectivity index (χ2n) is 8.62. The van der Waals surface area contributed by atoms with Crippen LogP contribution in [0.4, 0.5) is 17.1 Å². The first-order chi connectivity index (χ1) is 17.4. The van der Waals surface area contributed by atoms with Crippen molar-refractivity contribution in [3.8, 4) is 0 Å². The molecule has 0 bridgehead atoms. The summed E-state index contributed by atoms with van der Waals surface area (Å²) in [4.78, 5) is 38.5. The number of fused-ring (bicyclic) bond motifs is 2. The summed E-state index contributed by atoms with van der Waals surface area (Å²) in [5.74, 6) is -0.317. The normalized spacial score (nSPS) is 13.1. The number of aryl methyl sites for hydroxylation is 2. The van der Waals surface area contributed by atoms with E-state index in [1.165, 1.54) is 7.11 Å². The van der Waals surface area contributed by atoms with Gasteiger partial charge in [0, 0.05) is 22.4 Å². The molecule has 4 N–H and O–H groups in total. The quantitative estimate of drug-likeness (QED) is 0.309. The standard InChI is InChI=1S/C28H29N3O4S/c1-35-28(34)25(13-14-36-2)31-27(33)19-10-8-17-7-9-18-15-20(30-24-6-4-3-5-23(24)29)11-12-21(18)26(32)22(17)16-19/h3-6,8,10-12,15-16,25,30H,7,9,13-14,29H2,1-2H3,(H,31,33)/t25-/m0/s1. The monoisotopic (exact) mass is 503 g/mol. The first-order valence-electron chi connectivity index (χ1n) is 11.7. The Balaban J connectivity index is 1.57. The molecule has 186 valence electrons. The molecule has 3 aromatic rings. The predicted octanol–water partition coefficient (Wildman–Crippen LogP) is 4.37. The zero-order valence-corrected chi connectivity index (χ0v) is 21.1. The lowest BCUT2D eigenvalue weighted by Crippen LogP contribution is -2.42. The molecular formula is C28H29N3O4S. The van der Waals surface area contributed by atoms with Gasteiger partial charge >= 0.3 is 5.97 Å². The number of nitrogens with one attached hydrogen (secondary N) is 2. The minimum atomic E-state index is -0.741. The van der Waals surface area contributed by atoms with E-state index in [2.05, 4.69) is 10.6 Å². The summed E-state index contributed by atoms with van der Waals surface area (Å²) in [6, 6.07) is 17.6. The number of anilines is 3. The molecule has 1 atom stereocenters. The number of methoxy groups -OCH3 is 1. The van der Waals surface area contributed by atoms with Crippen LogP contribution in [-0.4, -0.2) is 42.8 Å². The minimum Gasteiger partial charge on any atom is -0.467 e. The molecule has 0 aliphatic heterocycles. The van der Waals surface area contributed by atoms with Gasteiger partial charge in [-0.1, -0.05) is 18.2 Å². The lowest BCUT2D eigenvalue weighted by atomic mass is 9.96. The van der Waals surface area contributed by atoms with Gasteiger partial charge in [-0.05, 0) is 84.9 Å². The molecule has 7 nitrogen and oxygen atoms in total. The van der Waals surface area contributed by atoms with Gasteiger partial charge in [0.15, 0.2) is 5.78 Å². The van der Waals surface area contributed by atoms with Crippen molar-refractivity contribution in [1.29, 1.82) is 0 Å². The Morgan fingerprint density at radius 3 is 2.56 bits per heavy atom. The molecule has 0 spiro atoms. The molecule has 0 aromatic heterocycles. The molecule has 36 heavy (non-hydrogen) atoms. The zero-order valence-electron chi connectivity index (χ0n) is 20.3. The number of hydrogen-bond acceptors (Lipinski definition) is 7. The first kappa shape index (κ1) is 25.3. The van der Waals surface area contributed by atoms with Crippen molar-refractivity contribution < 1.29 is 19.1 Å². The Labute approximate surface area is 214 Å². The van der Waals surface area contributed by atoms with Crippen LogP contribution in [0, 0.1) is 0 Å². The maximum Gasteiger partial charge on any atom is 0.328 e. The molecule has 1 aliphatic carbocycles.